The van der Waals surface area contributed by atoms with E-state index < -0.39 is 14.8 Å². The van der Waals surface area contributed by atoms with Crippen molar-refractivity contribution in [2.24, 2.45) is 5.92 Å². The zero-order chi connectivity index (χ0) is 19.6. The molecule has 9 heteroatoms. The number of carbonyl (C=O) groups is 1. The molecule has 0 aromatic heterocycles. The lowest BCUT2D eigenvalue weighted by Crippen LogP contribution is -2.50. The van der Waals surface area contributed by atoms with Gasteiger partial charge >= 0.3 is 0 Å². The zero-order valence-corrected chi connectivity index (χ0v) is 16.3. The van der Waals surface area contributed by atoms with Crippen LogP contribution in [0.2, 0.25) is 0 Å². The van der Waals surface area contributed by atoms with Crippen LogP contribution in [0.3, 0.4) is 0 Å². The van der Waals surface area contributed by atoms with E-state index in [9.17, 15) is 23.3 Å². The molecule has 1 saturated carbocycles. The molecule has 148 valence electrons. The molecule has 1 saturated heterocycles. The first-order valence-electron chi connectivity index (χ1n) is 9.29. The predicted molar refractivity (Wildman–Crippen MR) is 102 cm³/mol. The smallest absolute Gasteiger partial charge is 0.270 e. The van der Waals surface area contributed by atoms with Crippen molar-refractivity contribution in [1.82, 2.24) is 4.90 Å². The zero-order valence-electron chi connectivity index (χ0n) is 15.5. The molecule has 0 N–H and O–H groups in total. The molecule has 3 rings (SSSR count). The maximum absolute atomic E-state index is 12.7. The summed E-state index contributed by atoms with van der Waals surface area (Å²) in [5.41, 5.74) is 0.221. The first-order chi connectivity index (χ1) is 12.8. The highest BCUT2D eigenvalue weighted by molar-refractivity contribution is 7.90. The number of rotatable bonds is 4. The Morgan fingerprint density at radius 3 is 2.30 bits per heavy atom. The second kappa shape index (κ2) is 7.84. The van der Waals surface area contributed by atoms with Crippen molar-refractivity contribution in [2.45, 2.75) is 37.0 Å². The second-order valence-electron chi connectivity index (χ2n) is 7.33. The molecule has 0 spiro atoms. The Labute approximate surface area is 159 Å². The van der Waals surface area contributed by atoms with Gasteiger partial charge in [0, 0.05) is 50.5 Å². The highest BCUT2D eigenvalue weighted by atomic mass is 32.2. The summed E-state index contributed by atoms with van der Waals surface area (Å²) in [6, 6.07) is 3.93. The normalized spacial score (nSPS) is 19.1. The summed E-state index contributed by atoms with van der Waals surface area (Å²) in [6.07, 6.45) is 6.39. The fraction of sp³-hybridized carbons (Fsp3) is 0.611. The molecule has 8 nitrogen and oxygen atoms in total. The van der Waals surface area contributed by atoms with Gasteiger partial charge in [0.2, 0.25) is 5.91 Å². The van der Waals surface area contributed by atoms with Crippen molar-refractivity contribution in [3.05, 3.63) is 28.3 Å². The third-order valence-electron chi connectivity index (χ3n) is 5.44. The molecule has 0 unspecified atom stereocenters. The van der Waals surface area contributed by atoms with Crippen LogP contribution in [0.5, 0.6) is 0 Å². The summed E-state index contributed by atoms with van der Waals surface area (Å²) in [7, 11) is -3.61. The van der Waals surface area contributed by atoms with E-state index in [1.54, 1.807) is 0 Å². The van der Waals surface area contributed by atoms with Gasteiger partial charge in [-0.15, -0.1) is 0 Å². The number of sulfone groups is 1. The SMILES string of the molecule is CS(=O)(=O)c1cc([N+](=O)[O-])ccc1N1CCN(C(=O)C2CCCCC2)CC1. The molecule has 1 aromatic carbocycles. The van der Waals surface area contributed by atoms with Crippen LogP contribution in [0.4, 0.5) is 11.4 Å². The number of carbonyl (C=O) groups excluding carboxylic acids is 1. The number of benzene rings is 1. The van der Waals surface area contributed by atoms with Gasteiger partial charge in [0.15, 0.2) is 9.84 Å². The van der Waals surface area contributed by atoms with Gasteiger partial charge in [-0.05, 0) is 18.9 Å². The Hall–Kier alpha value is -2.16. The van der Waals surface area contributed by atoms with Gasteiger partial charge in [-0.1, -0.05) is 19.3 Å². The maximum Gasteiger partial charge on any atom is 0.270 e. The van der Waals surface area contributed by atoms with Gasteiger partial charge in [0.05, 0.1) is 15.5 Å². The van der Waals surface area contributed by atoms with E-state index in [-0.39, 0.29) is 22.4 Å². The lowest BCUT2D eigenvalue weighted by atomic mass is 9.88. The minimum absolute atomic E-state index is 0.0382. The van der Waals surface area contributed by atoms with Crippen LogP contribution in [-0.4, -0.2) is 56.6 Å². The number of piperazine rings is 1. The molecular formula is C18H25N3O5S. The molecule has 1 amide bonds. The predicted octanol–water partition coefficient (Wildman–Crippen LogP) is 2.23. The van der Waals surface area contributed by atoms with Crippen LogP contribution >= 0.6 is 0 Å². The van der Waals surface area contributed by atoms with Crippen molar-refractivity contribution in [3.63, 3.8) is 0 Å². The number of nitrogens with zero attached hydrogens (tertiary/aromatic N) is 3. The Balaban J connectivity index is 1.74. The Morgan fingerprint density at radius 1 is 1.11 bits per heavy atom. The van der Waals surface area contributed by atoms with E-state index in [1.165, 1.54) is 18.6 Å². The van der Waals surface area contributed by atoms with E-state index in [4.69, 9.17) is 0 Å². The van der Waals surface area contributed by atoms with E-state index in [1.807, 2.05) is 9.80 Å². The molecule has 1 aromatic rings. The average molecular weight is 395 g/mol. The Kier molecular flexibility index (Phi) is 5.69. The molecule has 0 atom stereocenters. The number of amides is 1. The molecule has 2 aliphatic rings. The van der Waals surface area contributed by atoms with Crippen LogP contribution in [0.25, 0.3) is 0 Å². The van der Waals surface area contributed by atoms with Crippen molar-refractivity contribution in [3.8, 4) is 0 Å². The van der Waals surface area contributed by atoms with E-state index in [2.05, 4.69) is 0 Å². The topological polar surface area (TPSA) is 101 Å². The molecular weight excluding hydrogens is 370 g/mol. The summed E-state index contributed by atoms with van der Waals surface area (Å²) in [5, 5.41) is 11.0. The number of non-ortho nitro benzene ring substituents is 1. The third-order valence-corrected chi connectivity index (χ3v) is 6.57. The van der Waals surface area contributed by atoms with E-state index >= 15 is 0 Å². The van der Waals surface area contributed by atoms with Crippen LogP contribution in [0.1, 0.15) is 32.1 Å². The van der Waals surface area contributed by atoms with Gasteiger partial charge in [0.1, 0.15) is 0 Å². The van der Waals surface area contributed by atoms with Crippen LogP contribution < -0.4 is 4.90 Å². The maximum atomic E-state index is 12.7. The fourth-order valence-corrected chi connectivity index (χ4v) is 4.86. The summed E-state index contributed by atoms with van der Waals surface area (Å²) in [6.45, 7) is 2.10. The van der Waals surface area contributed by atoms with E-state index in [0.29, 0.717) is 31.9 Å². The standard InChI is InChI=1S/C18H25N3O5S/c1-27(25,26)17-13-15(21(23)24)7-8-16(17)19-9-11-20(12-10-19)18(22)14-5-3-2-4-6-14/h7-8,13-14H,2-6,9-12H2,1H3. The molecule has 0 radical (unpaired) electrons. The van der Waals surface area contributed by atoms with Crippen molar-refractivity contribution >= 4 is 27.1 Å². The minimum Gasteiger partial charge on any atom is -0.367 e. The first kappa shape index (κ1) is 19.6. The summed E-state index contributed by atoms with van der Waals surface area (Å²) in [4.78, 5) is 26.8. The third kappa shape index (κ3) is 4.40. The lowest BCUT2D eigenvalue weighted by Gasteiger charge is -2.38. The number of hydrogen-bond acceptors (Lipinski definition) is 6. The molecule has 27 heavy (non-hydrogen) atoms. The molecule has 1 aliphatic heterocycles. The molecule has 2 fully saturated rings. The molecule has 1 heterocycles. The van der Waals surface area contributed by atoms with Crippen molar-refractivity contribution in [2.75, 3.05) is 37.3 Å². The summed E-state index contributed by atoms with van der Waals surface area (Å²) < 4.78 is 24.3. The van der Waals surface area contributed by atoms with Gasteiger partial charge in [-0.2, -0.15) is 0 Å². The first-order valence-corrected chi connectivity index (χ1v) is 11.2. The van der Waals surface area contributed by atoms with Crippen LogP contribution in [0.15, 0.2) is 23.1 Å². The number of hydrogen-bond donors (Lipinski definition) is 0. The minimum atomic E-state index is -3.61. The fourth-order valence-electron chi connectivity index (χ4n) is 3.95. The van der Waals surface area contributed by atoms with Gasteiger partial charge < -0.3 is 9.80 Å². The Bertz CT molecular complexity index is 825. The number of anilines is 1. The average Bonchev–Trinajstić information content (AvgIpc) is 2.67. The highest BCUT2D eigenvalue weighted by Crippen LogP contribution is 2.31. The second-order valence-corrected chi connectivity index (χ2v) is 9.31. The van der Waals surface area contributed by atoms with Gasteiger partial charge in [-0.25, -0.2) is 8.42 Å². The Morgan fingerprint density at radius 2 is 1.74 bits per heavy atom. The van der Waals surface area contributed by atoms with Crippen molar-refractivity contribution in [1.29, 1.82) is 0 Å². The molecule has 0 bridgehead atoms. The van der Waals surface area contributed by atoms with Crippen molar-refractivity contribution < 1.29 is 18.1 Å². The lowest BCUT2D eigenvalue weighted by molar-refractivity contribution is -0.385. The quantitative estimate of drug-likeness (QED) is 0.572. The summed E-state index contributed by atoms with van der Waals surface area (Å²) in [5.74, 6) is 0.331. The molecule has 1 aliphatic carbocycles. The highest BCUT2D eigenvalue weighted by Gasteiger charge is 2.30. The largest absolute Gasteiger partial charge is 0.367 e. The summed E-state index contributed by atoms with van der Waals surface area (Å²) >= 11 is 0. The van der Waals surface area contributed by atoms with Gasteiger partial charge in [0.25, 0.3) is 5.69 Å². The van der Waals surface area contributed by atoms with E-state index in [0.717, 1.165) is 38.0 Å². The van der Waals surface area contributed by atoms with Crippen LogP contribution in [0, 0.1) is 16.0 Å². The monoisotopic (exact) mass is 395 g/mol. The number of nitro benzene ring substituents is 1. The van der Waals surface area contributed by atoms with Gasteiger partial charge in [-0.3, -0.25) is 14.9 Å². The number of nitro groups is 1. The van der Waals surface area contributed by atoms with Crippen LogP contribution in [-0.2, 0) is 14.6 Å².